The highest BCUT2D eigenvalue weighted by atomic mass is 35.5. The van der Waals surface area contributed by atoms with Gasteiger partial charge in [-0.15, -0.1) is 15.3 Å². The number of nitrogens with one attached hydrogen (secondary N) is 2. The van der Waals surface area contributed by atoms with Crippen molar-refractivity contribution >= 4 is 23.3 Å². The second-order valence-corrected chi connectivity index (χ2v) is 9.61. The summed E-state index contributed by atoms with van der Waals surface area (Å²) in [5.74, 6) is -0.00909. The van der Waals surface area contributed by atoms with Crippen molar-refractivity contribution in [2.24, 2.45) is 0 Å². The van der Waals surface area contributed by atoms with Crippen molar-refractivity contribution in [3.8, 4) is 28.2 Å². The second kappa shape index (κ2) is 9.51. The van der Waals surface area contributed by atoms with Crippen molar-refractivity contribution in [1.29, 1.82) is 0 Å². The number of nitrogens with zero attached hydrogens (tertiary/aromatic N) is 8. The molecule has 2 N–H and O–H groups in total. The van der Waals surface area contributed by atoms with Crippen molar-refractivity contribution < 1.29 is 9.18 Å². The maximum absolute atomic E-state index is 15.3. The van der Waals surface area contributed by atoms with Gasteiger partial charge in [0.15, 0.2) is 11.6 Å². The van der Waals surface area contributed by atoms with Gasteiger partial charge in [0.2, 0.25) is 5.91 Å². The van der Waals surface area contributed by atoms with Gasteiger partial charge in [0.05, 0.1) is 28.6 Å². The number of benzene rings is 1. The van der Waals surface area contributed by atoms with Crippen molar-refractivity contribution in [3.05, 3.63) is 81.6 Å². The largest absolute Gasteiger partial charge is 0.339 e. The standard InChI is InChI=1S/C25H20ClFN10O2/c1-12-7-20(25-28-10-17(31-25)16-4-6-21(33-32-16)30-13(2)38)37-19(12)8-14(9-22(37)39)23-18(36-11-29-34-35-36)5-3-15(26)24(23)27/h3-6,8-12,20H,7H2,1-2H3,(H,28,31)(H,30,33,38). The van der Waals surface area contributed by atoms with Crippen LogP contribution in [0.3, 0.4) is 0 Å². The highest BCUT2D eigenvalue weighted by Gasteiger charge is 2.33. The minimum absolute atomic E-state index is 0.0216. The molecule has 0 fully saturated rings. The zero-order chi connectivity index (χ0) is 27.3. The Labute approximate surface area is 224 Å². The quantitative estimate of drug-likeness (QED) is 0.340. The Morgan fingerprint density at radius 2 is 2.05 bits per heavy atom. The van der Waals surface area contributed by atoms with Gasteiger partial charge in [-0.05, 0) is 58.7 Å². The number of anilines is 1. The first-order valence-electron chi connectivity index (χ1n) is 11.9. The Morgan fingerprint density at radius 3 is 2.77 bits per heavy atom. The molecule has 14 heteroatoms. The fourth-order valence-corrected chi connectivity index (χ4v) is 5.05. The van der Waals surface area contributed by atoms with Gasteiger partial charge < -0.3 is 14.9 Å². The average Bonchev–Trinajstić information content (AvgIpc) is 3.67. The molecule has 0 spiro atoms. The van der Waals surface area contributed by atoms with Gasteiger partial charge in [0.25, 0.3) is 5.56 Å². The van der Waals surface area contributed by atoms with Crippen molar-refractivity contribution in [2.75, 3.05) is 5.32 Å². The van der Waals surface area contributed by atoms with Crippen LogP contribution in [-0.2, 0) is 4.79 Å². The molecule has 0 saturated heterocycles. The van der Waals surface area contributed by atoms with Crippen molar-refractivity contribution in [2.45, 2.75) is 32.2 Å². The Morgan fingerprint density at radius 1 is 1.21 bits per heavy atom. The Kier molecular flexibility index (Phi) is 5.99. The number of H-pyrrole nitrogens is 1. The Bertz CT molecular complexity index is 1760. The maximum Gasteiger partial charge on any atom is 0.252 e. The van der Waals surface area contributed by atoms with Crippen LogP contribution in [0.1, 0.15) is 43.7 Å². The van der Waals surface area contributed by atoms with Crippen LogP contribution in [-0.4, -0.2) is 50.8 Å². The molecule has 0 saturated carbocycles. The minimum Gasteiger partial charge on any atom is -0.339 e. The fraction of sp³-hybridized carbons (Fsp3) is 0.200. The van der Waals surface area contributed by atoms with Crippen LogP contribution in [0.5, 0.6) is 0 Å². The van der Waals surface area contributed by atoms with E-state index in [-0.39, 0.29) is 34.0 Å². The third-order valence-corrected chi connectivity index (χ3v) is 6.90. The summed E-state index contributed by atoms with van der Waals surface area (Å²) in [6, 6.07) is 9.19. The first-order valence-corrected chi connectivity index (χ1v) is 12.3. The van der Waals surface area contributed by atoms with Crippen LogP contribution in [0.4, 0.5) is 10.2 Å². The molecule has 0 radical (unpaired) electrons. The van der Waals surface area contributed by atoms with Gasteiger partial charge in [-0.1, -0.05) is 18.5 Å². The number of aromatic nitrogens is 9. The SMILES string of the molecule is CC(=O)Nc1ccc(-c2cnc(C3CC(C)c4cc(-c5c(-n6cnnn6)ccc(Cl)c5F)cc(=O)n43)[nH]2)nn1. The number of halogens is 2. The van der Waals surface area contributed by atoms with E-state index in [1.807, 2.05) is 6.92 Å². The summed E-state index contributed by atoms with van der Waals surface area (Å²) >= 11 is 6.11. The normalized spacial score (nSPS) is 16.3. The van der Waals surface area contributed by atoms with Crippen LogP contribution in [0, 0.1) is 5.82 Å². The summed E-state index contributed by atoms with van der Waals surface area (Å²) < 4.78 is 18.3. The number of imidazole rings is 1. The molecule has 1 aromatic carbocycles. The molecule has 2 unspecified atom stereocenters. The number of hydrogen-bond donors (Lipinski definition) is 2. The molecule has 39 heavy (non-hydrogen) atoms. The molecular formula is C25H20ClFN10O2. The summed E-state index contributed by atoms with van der Waals surface area (Å²) in [6.07, 6.45) is 3.58. The van der Waals surface area contributed by atoms with Gasteiger partial charge in [-0.3, -0.25) is 9.59 Å². The van der Waals surface area contributed by atoms with Gasteiger partial charge >= 0.3 is 0 Å². The highest BCUT2D eigenvalue weighted by molar-refractivity contribution is 6.31. The number of carbonyl (C=O) groups excluding carboxylic acids is 1. The fourth-order valence-electron chi connectivity index (χ4n) is 4.89. The molecular weight excluding hydrogens is 527 g/mol. The first-order chi connectivity index (χ1) is 18.8. The molecule has 1 aliphatic rings. The number of fused-ring (bicyclic) bond motifs is 1. The number of aromatic amines is 1. The number of rotatable bonds is 5. The maximum atomic E-state index is 15.3. The molecule has 5 aromatic rings. The first kappa shape index (κ1) is 24.6. The summed E-state index contributed by atoms with van der Waals surface area (Å²) in [6.45, 7) is 3.39. The third-order valence-electron chi connectivity index (χ3n) is 6.60. The average molecular weight is 547 g/mol. The van der Waals surface area contributed by atoms with Crippen LogP contribution in [0.25, 0.3) is 28.2 Å². The zero-order valence-electron chi connectivity index (χ0n) is 20.6. The minimum atomic E-state index is -0.669. The lowest BCUT2D eigenvalue weighted by Crippen LogP contribution is -2.24. The van der Waals surface area contributed by atoms with Crippen molar-refractivity contribution in [1.82, 2.24) is 44.9 Å². The van der Waals surface area contributed by atoms with E-state index in [0.717, 1.165) is 5.69 Å². The summed E-state index contributed by atoms with van der Waals surface area (Å²) in [5.41, 5.74) is 2.44. The van der Waals surface area contributed by atoms with Crippen LogP contribution >= 0.6 is 11.6 Å². The molecule has 1 amide bonds. The van der Waals surface area contributed by atoms with E-state index in [4.69, 9.17) is 11.6 Å². The molecule has 0 bridgehead atoms. The van der Waals surface area contributed by atoms with E-state index in [9.17, 15) is 9.59 Å². The van der Waals surface area contributed by atoms with Crippen LogP contribution in [0.2, 0.25) is 5.02 Å². The second-order valence-electron chi connectivity index (χ2n) is 9.21. The predicted octanol–water partition coefficient (Wildman–Crippen LogP) is 3.52. The monoisotopic (exact) mass is 546 g/mol. The molecule has 4 aromatic heterocycles. The molecule has 196 valence electrons. The van der Waals surface area contributed by atoms with Gasteiger partial charge in [0.1, 0.15) is 17.8 Å². The number of hydrogen-bond acceptors (Lipinski definition) is 8. The number of tetrazole rings is 1. The van der Waals surface area contributed by atoms with E-state index in [1.165, 1.54) is 30.1 Å². The van der Waals surface area contributed by atoms with Gasteiger partial charge in [0, 0.05) is 24.2 Å². The number of amides is 1. The molecule has 1 aliphatic heterocycles. The number of carbonyl (C=O) groups is 1. The summed E-state index contributed by atoms with van der Waals surface area (Å²) in [7, 11) is 0. The van der Waals surface area contributed by atoms with Gasteiger partial charge in [-0.2, -0.15) is 4.68 Å². The highest BCUT2D eigenvalue weighted by Crippen LogP contribution is 2.40. The summed E-state index contributed by atoms with van der Waals surface area (Å²) in [4.78, 5) is 32.5. The lowest BCUT2D eigenvalue weighted by Gasteiger charge is -2.15. The topological polar surface area (TPSA) is 149 Å². The van der Waals surface area contributed by atoms with E-state index < -0.39 is 5.82 Å². The zero-order valence-corrected chi connectivity index (χ0v) is 21.4. The van der Waals surface area contributed by atoms with E-state index >= 15 is 4.39 Å². The molecule has 12 nitrogen and oxygen atoms in total. The Hall–Kier alpha value is -4.78. The van der Waals surface area contributed by atoms with Crippen molar-refractivity contribution in [3.63, 3.8) is 0 Å². The smallest absolute Gasteiger partial charge is 0.252 e. The lowest BCUT2D eigenvalue weighted by molar-refractivity contribution is -0.114. The van der Waals surface area contributed by atoms with Crippen LogP contribution in [0.15, 0.2) is 53.7 Å². The van der Waals surface area contributed by atoms with Gasteiger partial charge in [-0.25, -0.2) is 9.37 Å². The number of pyridine rings is 1. The van der Waals surface area contributed by atoms with E-state index in [1.54, 1.807) is 35.0 Å². The van der Waals surface area contributed by atoms with E-state index in [2.05, 4.69) is 41.0 Å². The van der Waals surface area contributed by atoms with Crippen LogP contribution < -0.4 is 10.9 Å². The molecule has 5 heterocycles. The third kappa shape index (κ3) is 4.36. The molecule has 6 rings (SSSR count). The molecule has 2 atom stereocenters. The van der Waals surface area contributed by atoms with E-state index in [0.29, 0.717) is 40.7 Å². The molecule has 0 aliphatic carbocycles. The Balaban J connectivity index is 1.38. The predicted molar refractivity (Wildman–Crippen MR) is 139 cm³/mol. The summed E-state index contributed by atoms with van der Waals surface area (Å²) in [5, 5.41) is 21.8. The lowest BCUT2D eigenvalue weighted by atomic mass is 9.99.